The molecule has 0 aliphatic carbocycles. The van der Waals surface area contributed by atoms with E-state index in [9.17, 15) is 9.59 Å². The summed E-state index contributed by atoms with van der Waals surface area (Å²) >= 11 is 5.91. The lowest BCUT2D eigenvalue weighted by atomic mass is 9.90. The van der Waals surface area contributed by atoms with Gasteiger partial charge in [-0.1, -0.05) is 54.1 Å². The lowest BCUT2D eigenvalue weighted by molar-refractivity contribution is 0.0890. The van der Waals surface area contributed by atoms with Crippen LogP contribution < -0.4 is 0 Å². The van der Waals surface area contributed by atoms with Gasteiger partial charge in [0, 0.05) is 22.6 Å². The number of H-pyrrole nitrogens is 1. The number of carbonyl (C=O) groups is 2. The number of carbonyl (C=O) groups excluding carboxylic acids is 2. The molecule has 0 spiro atoms. The number of nitrogens with zero attached hydrogens (tertiary/aromatic N) is 1. The fourth-order valence-electron chi connectivity index (χ4n) is 3.19. The van der Waals surface area contributed by atoms with Gasteiger partial charge in [0.15, 0.2) is 11.6 Å². The van der Waals surface area contributed by atoms with Gasteiger partial charge in [0.25, 0.3) is 0 Å². The van der Waals surface area contributed by atoms with E-state index < -0.39 is 5.92 Å². The van der Waals surface area contributed by atoms with Crippen LogP contribution >= 0.6 is 11.6 Å². The van der Waals surface area contributed by atoms with Gasteiger partial charge >= 0.3 is 0 Å². The number of fused-ring (bicyclic) bond motifs is 1. The molecule has 4 aromatic rings. The Labute approximate surface area is 167 Å². The molecule has 0 aliphatic heterocycles. The van der Waals surface area contributed by atoms with Gasteiger partial charge in [0.2, 0.25) is 0 Å². The average Bonchev–Trinajstić information content (AvgIpc) is 3.16. The summed E-state index contributed by atoms with van der Waals surface area (Å²) in [5.74, 6) is -0.469. The quantitative estimate of drug-likeness (QED) is 0.446. The van der Waals surface area contributed by atoms with Crippen molar-refractivity contribution in [1.29, 1.82) is 0 Å². The highest BCUT2D eigenvalue weighted by atomic mass is 35.5. The number of hydrogen-bond acceptors (Lipinski definition) is 3. The van der Waals surface area contributed by atoms with Gasteiger partial charge in [0.1, 0.15) is 5.82 Å². The van der Waals surface area contributed by atoms with Crippen LogP contribution in [-0.2, 0) is 0 Å². The average molecular weight is 389 g/mol. The van der Waals surface area contributed by atoms with Crippen molar-refractivity contribution in [1.82, 2.24) is 9.97 Å². The third-order valence-corrected chi connectivity index (χ3v) is 4.92. The SMILES string of the molecule is O=C(C[C@H](C(=O)c1ccccc1)c1nc2ccccc2[nH]1)c1ccc(Cl)cc1. The zero-order valence-electron chi connectivity index (χ0n) is 14.9. The monoisotopic (exact) mass is 388 g/mol. The Morgan fingerprint density at radius 2 is 1.54 bits per heavy atom. The normalized spacial score (nSPS) is 12.0. The molecule has 0 fully saturated rings. The number of aromatic nitrogens is 2. The summed E-state index contributed by atoms with van der Waals surface area (Å²) in [7, 11) is 0. The lowest BCUT2D eigenvalue weighted by Gasteiger charge is -2.13. The largest absolute Gasteiger partial charge is 0.341 e. The van der Waals surface area contributed by atoms with Gasteiger partial charge in [0.05, 0.1) is 17.0 Å². The highest BCUT2D eigenvalue weighted by Gasteiger charge is 2.28. The van der Waals surface area contributed by atoms with E-state index >= 15 is 0 Å². The number of Topliss-reactive ketones (excluding diaryl/α,β-unsaturated/α-hetero) is 2. The van der Waals surface area contributed by atoms with Gasteiger partial charge < -0.3 is 4.98 Å². The summed E-state index contributed by atoms with van der Waals surface area (Å²) in [6.07, 6.45) is 0.0230. The second-order valence-electron chi connectivity index (χ2n) is 6.56. The molecule has 0 radical (unpaired) electrons. The molecule has 0 aliphatic rings. The molecule has 4 nitrogen and oxygen atoms in total. The first-order chi connectivity index (χ1) is 13.6. The maximum Gasteiger partial charge on any atom is 0.173 e. The van der Waals surface area contributed by atoms with Crippen LogP contribution in [0, 0.1) is 0 Å². The van der Waals surface area contributed by atoms with E-state index in [0.717, 1.165) is 11.0 Å². The summed E-state index contributed by atoms with van der Waals surface area (Å²) in [6, 6.07) is 23.2. The molecule has 1 N–H and O–H groups in total. The zero-order valence-corrected chi connectivity index (χ0v) is 15.7. The zero-order chi connectivity index (χ0) is 19.5. The van der Waals surface area contributed by atoms with Crippen LogP contribution in [0.15, 0.2) is 78.9 Å². The van der Waals surface area contributed by atoms with Gasteiger partial charge in [-0.15, -0.1) is 0 Å². The van der Waals surface area contributed by atoms with E-state index in [1.54, 1.807) is 36.4 Å². The molecule has 5 heteroatoms. The number of imidazole rings is 1. The highest BCUT2D eigenvalue weighted by molar-refractivity contribution is 6.30. The first kappa shape index (κ1) is 18.1. The van der Waals surface area contributed by atoms with E-state index in [0.29, 0.717) is 22.0 Å². The van der Waals surface area contributed by atoms with Gasteiger partial charge in [-0.3, -0.25) is 9.59 Å². The first-order valence-electron chi connectivity index (χ1n) is 8.94. The van der Waals surface area contributed by atoms with Crippen molar-refractivity contribution < 1.29 is 9.59 Å². The molecule has 28 heavy (non-hydrogen) atoms. The summed E-state index contributed by atoms with van der Waals surface area (Å²) in [4.78, 5) is 33.8. The summed E-state index contributed by atoms with van der Waals surface area (Å²) in [5.41, 5.74) is 2.67. The van der Waals surface area contributed by atoms with Crippen LogP contribution in [0.4, 0.5) is 0 Å². The predicted octanol–water partition coefficient (Wildman–Crippen LogP) is 5.46. The topological polar surface area (TPSA) is 62.8 Å². The van der Waals surface area contributed by atoms with Crippen LogP contribution in [0.1, 0.15) is 38.9 Å². The van der Waals surface area contributed by atoms with Crippen LogP contribution in [-0.4, -0.2) is 21.5 Å². The highest BCUT2D eigenvalue weighted by Crippen LogP contribution is 2.27. The Hall–Kier alpha value is -3.24. The Morgan fingerprint density at radius 3 is 2.25 bits per heavy atom. The van der Waals surface area contributed by atoms with Crippen molar-refractivity contribution in [3.05, 3.63) is 101 Å². The molecule has 1 heterocycles. The predicted molar refractivity (Wildman–Crippen MR) is 110 cm³/mol. The third kappa shape index (κ3) is 3.73. The fraction of sp³-hybridized carbons (Fsp3) is 0.0870. The van der Waals surface area contributed by atoms with E-state index in [-0.39, 0.29) is 18.0 Å². The number of hydrogen-bond donors (Lipinski definition) is 1. The Bertz CT molecular complexity index is 1100. The van der Waals surface area contributed by atoms with Gasteiger partial charge in [-0.25, -0.2) is 4.98 Å². The first-order valence-corrected chi connectivity index (χ1v) is 9.32. The van der Waals surface area contributed by atoms with Crippen molar-refractivity contribution in [3.63, 3.8) is 0 Å². The lowest BCUT2D eigenvalue weighted by Crippen LogP contribution is -2.18. The van der Waals surface area contributed by atoms with Crippen LogP contribution in [0.2, 0.25) is 5.02 Å². The van der Waals surface area contributed by atoms with Gasteiger partial charge in [-0.05, 0) is 36.4 Å². The van der Waals surface area contributed by atoms with Crippen molar-refractivity contribution in [2.45, 2.75) is 12.3 Å². The number of rotatable bonds is 6. The number of ketones is 2. The second-order valence-corrected chi connectivity index (χ2v) is 6.99. The van der Waals surface area contributed by atoms with Crippen molar-refractivity contribution in [3.8, 4) is 0 Å². The van der Waals surface area contributed by atoms with Crippen molar-refractivity contribution in [2.24, 2.45) is 0 Å². The summed E-state index contributed by atoms with van der Waals surface area (Å²) in [6.45, 7) is 0. The van der Waals surface area contributed by atoms with Crippen LogP contribution in [0.5, 0.6) is 0 Å². The number of aromatic amines is 1. The number of benzene rings is 3. The fourth-order valence-corrected chi connectivity index (χ4v) is 3.32. The molecular weight excluding hydrogens is 372 g/mol. The van der Waals surface area contributed by atoms with Gasteiger partial charge in [-0.2, -0.15) is 0 Å². The van der Waals surface area contributed by atoms with Crippen molar-refractivity contribution >= 4 is 34.2 Å². The molecule has 0 amide bonds. The minimum atomic E-state index is -0.696. The number of halogens is 1. The molecule has 138 valence electrons. The smallest absolute Gasteiger partial charge is 0.173 e. The van der Waals surface area contributed by atoms with E-state index in [1.165, 1.54) is 0 Å². The molecule has 3 aromatic carbocycles. The van der Waals surface area contributed by atoms with E-state index in [2.05, 4.69) is 9.97 Å². The second kappa shape index (κ2) is 7.79. The van der Waals surface area contributed by atoms with Crippen molar-refractivity contribution in [2.75, 3.05) is 0 Å². The minimum absolute atomic E-state index is 0.0230. The molecule has 0 bridgehead atoms. The summed E-state index contributed by atoms with van der Waals surface area (Å²) < 4.78 is 0. The molecule has 4 rings (SSSR count). The standard InChI is InChI=1S/C23H17ClN2O2/c24-17-12-10-15(11-13-17)21(27)14-18(22(28)16-6-2-1-3-7-16)23-25-19-8-4-5-9-20(19)26-23/h1-13,18H,14H2,(H,25,26)/t18-/m1/s1. The summed E-state index contributed by atoms with van der Waals surface area (Å²) in [5, 5.41) is 0.561. The van der Waals surface area contributed by atoms with Crippen LogP contribution in [0.25, 0.3) is 11.0 Å². The molecule has 0 unspecified atom stereocenters. The third-order valence-electron chi connectivity index (χ3n) is 4.67. The molecule has 1 atom stereocenters. The maximum absolute atomic E-state index is 13.2. The Kier molecular flexibility index (Phi) is 5.04. The van der Waals surface area contributed by atoms with E-state index in [4.69, 9.17) is 11.6 Å². The Morgan fingerprint density at radius 1 is 0.857 bits per heavy atom. The van der Waals surface area contributed by atoms with Crippen LogP contribution in [0.3, 0.4) is 0 Å². The van der Waals surface area contributed by atoms with E-state index in [1.807, 2.05) is 42.5 Å². The molecule has 0 saturated carbocycles. The maximum atomic E-state index is 13.2. The molecular formula is C23H17ClN2O2. The molecule has 1 aromatic heterocycles. The molecule has 0 saturated heterocycles. The Balaban J connectivity index is 1.71. The number of para-hydroxylation sites is 2. The minimum Gasteiger partial charge on any atom is -0.341 e. The number of nitrogens with one attached hydrogen (secondary N) is 1.